The number of fused-ring (bicyclic) bond motifs is 4. The van der Waals surface area contributed by atoms with Crippen LogP contribution in [-0.2, 0) is 19.1 Å². The van der Waals surface area contributed by atoms with Gasteiger partial charge in [-0.15, -0.1) is 0 Å². The van der Waals surface area contributed by atoms with Crippen LogP contribution in [0.5, 0.6) is 0 Å². The average Bonchev–Trinajstić information content (AvgIpc) is 3.53. The van der Waals surface area contributed by atoms with Crippen LogP contribution in [0.25, 0.3) is 0 Å². The monoisotopic (exact) mass is 528 g/mol. The zero-order valence-electron chi connectivity index (χ0n) is 25.1. The fraction of sp³-hybridized carbons (Fsp3) is 0.939. The van der Waals surface area contributed by atoms with Crippen molar-refractivity contribution in [3.63, 3.8) is 0 Å². The number of rotatable bonds is 3. The zero-order chi connectivity index (χ0) is 27.7. The predicted molar refractivity (Wildman–Crippen MR) is 146 cm³/mol. The molecule has 0 bridgehead atoms. The lowest BCUT2D eigenvalue weighted by atomic mass is 9.34. The second-order valence-corrected chi connectivity index (χ2v) is 16.4. The molecule has 0 heterocycles. The van der Waals surface area contributed by atoms with Gasteiger partial charge in [-0.2, -0.15) is 0 Å². The quantitative estimate of drug-likeness (QED) is 0.332. The van der Waals surface area contributed by atoms with E-state index in [4.69, 9.17) is 9.47 Å². The molecule has 38 heavy (non-hydrogen) atoms. The first kappa shape index (κ1) is 27.1. The van der Waals surface area contributed by atoms with Crippen LogP contribution in [0.2, 0.25) is 0 Å². The van der Waals surface area contributed by atoms with Crippen LogP contribution in [0.15, 0.2) is 0 Å². The molecule has 13 unspecified atom stereocenters. The highest BCUT2D eigenvalue weighted by atomic mass is 16.5. The van der Waals surface area contributed by atoms with Gasteiger partial charge in [0.05, 0.1) is 6.10 Å². The van der Waals surface area contributed by atoms with Gasteiger partial charge in [-0.3, -0.25) is 9.59 Å². The maximum Gasteiger partial charge on any atom is 0.302 e. The molecule has 6 aliphatic rings. The first-order valence-corrected chi connectivity index (χ1v) is 15.6. The second-order valence-electron chi connectivity index (χ2n) is 16.4. The average molecular weight is 529 g/mol. The van der Waals surface area contributed by atoms with Crippen LogP contribution in [-0.4, -0.2) is 35.9 Å². The lowest BCUT2D eigenvalue weighted by molar-refractivity contribution is -0.285. The van der Waals surface area contributed by atoms with Gasteiger partial charge < -0.3 is 14.6 Å². The van der Waals surface area contributed by atoms with Crippen molar-refractivity contribution < 1.29 is 24.2 Å². The van der Waals surface area contributed by atoms with E-state index in [1.807, 2.05) is 0 Å². The van der Waals surface area contributed by atoms with E-state index < -0.39 is 12.2 Å². The third-order valence-corrected chi connectivity index (χ3v) is 15.0. The molecule has 5 nitrogen and oxygen atoms in total. The van der Waals surface area contributed by atoms with Crippen molar-refractivity contribution in [3.05, 3.63) is 0 Å². The van der Waals surface area contributed by atoms with E-state index in [2.05, 4.69) is 48.5 Å². The molecule has 0 radical (unpaired) electrons. The van der Waals surface area contributed by atoms with Crippen LogP contribution >= 0.6 is 0 Å². The molecule has 0 spiro atoms. The highest BCUT2D eigenvalue weighted by Gasteiger charge is 2.89. The maximum absolute atomic E-state index is 12.5. The molecule has 5 heteroatoms. The number of aliphatic hydroxyl groups excluding tert-OH is 1. The highest BCUT2D eigenvalue weighted by molar-refractivity contribution is 5.66. The summed E-state index contributed by atoms with van der Waals surface area (Å²) in [5.41, 5.74) is -0.00992. The predicted octanol–water partition coefficient (Wildman–Crippen LogP) is 6.55. The van der Waals surface area contributed by atoms with Crippen molar-refractivity contribution in [1.82, 2.24) is 0 Å². The number of esters is 1. The Hall–Kier alpha value is -1.10. The number of ether oxygens (including phenoxy) is 2. The van der Waals surface area contributed by atoms with Crippen molar-refractivity contribution in [2.75, 3.05) is 0 Å². The third kappa shape index (κ3) is 2.93. The molecule has 0 aromatic heterocycles. The third-order valence-electron chi connectivity index (χ3n) is 15.0. The molecule has 0 aromatic carbocycles. The largest absolute Gasteiger partial charge is 0.462 e. The fourth-order valence-electron chi connectivity index (χ4n) is 13.5. The van der Waals surface area contributed by atoms with Crippen molar-refractivity contribution in [2.24, 2.45) is 62.1 Å². The first-order chi connectivity index (χ1) is 17.7. The molecule has 6 rings (SSSR count). The number of carbonyl (C=O) groups excluding carboxylic acids is 2. The molecule has 0 saturated heterocycles. The molecule has 0 aromatic rings. The summed E-state index contributed by atoms with van der Waals surface area (Å²) in [7, 11) is 0. The molecule has 6 fully saturated rings. The molecule has 6 aliphatic carbocycles. The van der Waals surface area contributed by atoms with Gasteiger partial charge in [0.1, 0.15) is 12.2 Å². The fourth-order valence-corrected chi connectivity index (χ4v) is 13.5. The van der Waals surface area contributed by atoms with Crippen molar-refractivity contribution in [1.29, 1.82) is 0 Å². The van der Waals surface area contributed by atoms with Gasteiger partial charge in [-0.05, 0) is 103 Å². The van der Waals surface area contributed by atoms with Crippen LogP contribution in [0.1, 0.15) is 113 Å². The minimum atomic E-state index is -0.665. The molecular weight excluding hydrogens is 476 g/mol. The Morgan fingerprint density at radius 3 is 2.29 bits per heavy atom. The maximum atomic E-state index is 12.5. The van der Waals surface area contributed by atoms with Crippen LogP contribution in [0, 0.1) is 62.1 Å². The van der Waals surface area contributed by atoms with E-state index in [-0.39, 0.29) is 50.5 Å². The minimum Gasteiger partial charge on any atom is -0.462 e. The Morgan fingerprint density at radius 2 is 1.63 bits per heavy atom. The molecule has 13 atom stereocenters. The van der Waals surface area contributed by atoms with E-state index in [0.717, 1.165) is 32.1 Å². The molecule has 0 aliphatic heterocycles. The van der Waals surface area contributed by atoms with Gasteiger partial charge in [0.25, 0.3) is 6.47 Å². The molecule has 6 saturated carbocycles. The van der Waals surface area contributed by atoms with Crippen LogP contribution in [0.4, 0.5) is 0 Å². The Kier molecular flexibility index (Phi) is 5.71. The van der Waals surface area contributed by atoms with E-state index >= 15 is 0 Å². The Bertz CT molecular complexity index is 1020. The SMILES string of the molecule is CC(=O)OC1CCC2(C)C(CCC3(C)C2C(O)C(OC=O)C24CC32CCC2(C)CCC(C)C(C)C24)C1(C)C. The second kappa shape index (κ2) is 8.01. The number of aliphatic hydroxyl groups is 1. The normalized spacial score (nSPS) is 58.1. The minimum absolute atomic E-state index is 0.00644. The Balaban J connectivity index is 1.46. The van der Waals surface area contributed by atoms with Gasteiger partial charge >= 0.3 is 5.97 Å². The summed E-state index contributed by atoms with van der Waals surface area (Å²) < 4.78 is 12.0. The molecule has 1 N–H and O–H groups in total. The Morgan fingerprint density at radius 1 is 0.921 bits per heavy atom. The Labute approximate surface area is 230 Å². The van der Waals surface area contributed by atoms with E-state index in [1.165, 1.54) is 32.6 Å². The lowest BCUT2D eigenvalue weighted by Gasteiger charge is -2.71. The van der Waals surface area contributed by atoms with Crippen LogP contribution < -0.4 is 0 Å². The van der Waals surface area contributed by atoms with Gasteiger partial charge in [-0.25, -0.2) is 0 Å². The van der Waals surface area contributed by atoms with Gasteiger partial charge in [0.2, 0.25) is 0 Å². The summed E-state index contributed by atoms with van der Waals surface area (Å²) in [5.74, 6) is 1.89. The summed E-state index contributed by atoms with van der Waals surface area (Å²) in [6, 6.07) is 0. The molecule has 0 amide bonds. The van der Waals surface area contributed by atoms with E-state index in [1.54, 1.807) is 0 Å². The number of carbonyl (C=O) groups is 2. The van der Waals surface area contributed by atoms with Crippen molar-refractivity contribution >= 4 is 12.4 Å². The standard InChI is InChI=1S/C33H52O5/c1-19-9-12-29(6)15-16-32-17-33(32,25(29)20(19)2)27(37-18-34)24(36)26-30(7)13-11-23(38-21(3)35)28(4,5)22(30)10-14-31(26,32)8/h18-20,22-27,36H,9-17H2,1-8H3. The highest BCUT2D eigenvalue weighted by Crippen LogP contribution is 2.91. The van der Waals surface area contributed by atoms with Crippen LogP contribution in [0.3, 0.4) is 0 Å². The van der Waals surface area contributed by atoms with Gasteiger partial charge in [0, 0.05) is 23.7 Å². The summed E-state index contributed by atoms with van der Waals surface area (Å²) in [6.07, 6.45) is 8.83. The van der Waals surface area contributed by atoms with Gasteiger partial charge in [0.15, 0.2) is 0 Å². The number of hydrogen-bond acceptors (Lipinski definition) is 5. The zero-order valence-corrected chi connectivity index (χ0v) is 25.1. The van der Waals surface area contributed by atoms with Crippen molar-refractivity contribution in [3.8, 4) is 0 Å². The summed E-state index contributed by atoms with van der Waals surface area (Å²) in [6.45, 7) is 19.0. The van der Waals surface area contributed by atoms with E-state index in [0.29, 0.717) is 30.1 Å². The lowest BCUT2D eigenvalue weighted by Crippen LogP contribution is -2.71. The number of hydrogen-bond donors (Lipinski definition) is 1. The summed E-state index contributed by atoms with van der Waals surface area (Å²) in [5, 5.41) is 12.5. The van der Waals surface area contributed by atoms with E-state index in [9.17, 15) is 14.7 Å². The van der Waals surface area contributed by atoms with Gasteiger partial charge in [-0.1, -0.05) is 48.5 Å². The topological polar surface area (TPSA) is 72.8 Å². The summed E-state index contributed by atoms with van der Waals surface area (Å²) in [4.78, 5) is 24.1. The first-order valence-electron chi connectivity index (χ1n) is 15.6. The summed E-state index contributed by atoms with van der Waals surface area (Å²) >= 11 is 0. The van der Waals surface area contributed by atoms with Crippen molar-refractivity contribution in [2.45, 2.75) is 131 Å². The molecule has 214 valence electrons. The molecular formula is C33H52O5. The smallest absolute Gasteiger partial charge is 0.302 e.